The molecule has 108 valence electrons. The predicted octanol–water partition coefficient (Wildman–Crippen LogP) is 4.23. The fourth-order valence-electron chi connectivity index (χ4n) is 3.03. The van der Waals surface area contributed by atoms with Gasteiger partial charge in [-0.1, -0.05) is 43.7 Å². The third-order valence-corrected chi connectivity index (χ3v) is 4.07. The van der Waals surface area contributed by atoms with Crippen molar-refractivity contribution < 1.29 is 4.79 Å². The van der Waals surface area contributed by atoms with E-state index in [0.29, 0.717) is 0 Å². The van der Waals surface area contributed by atoms with Gasteiger partial charge in [0.1, 0.15) is 0 Å². The van der Waals surface area contributed by atoms with Crippen molar-refractivity contribution >= 4 is 11.5 Å². The van der Waals surface area contributed by atoms with E-state index in [2.05, 4.69) is 24.4 Å². The fourth-order valence-corrected chi connectivity index (χ4v) is 3.03. The van der Waals surface area contributed by atoms with Crippen molar-refractivity contribution in [3.63, 3.8) is 0 Å². The van der Waals surface area contributed by atoms with Crippen molar-refractivity contribution in [3.8, 4) is 0 Å². The lowest BCUT2D eigenvalue weighted by atomic mass is 9.92. The van der Waals surface area contributed by atoms with Gasteiger partial charge in [-0.2, -0.15) is 0 Å². The second-order valence-corrected chi connectivity index (χ2v) is 5.64. The molecule has 0 saturated heterocycles. The normalized spacial score (nSPS) is 13.4. The summed E-state index contributed by atoms with van der Waals surface area (Å²) in [5.74, 6) is 0.147. The Morgan fingerprint density at radius 3 is 2.90 bits per heavy atom. The second kappa shape index (κ2) is 6.13. The molecule has 2 aromatic rings. The number of nitrogens with one attached hydrogen (secondary N) is 1. The van der Waals surface area contributed by atoms with Crippen molar-refractivity contribution in [2.24, 2.45) is 0 Å². The van der Waals surface area contributed by atoms with Crippen LogP contribution in [0.25, 0.3) is 0 Å². The van der Waals surface area contributed by atoms with Crippen LogP contribution >= 0.6 is 0 Å². The predicted molar refractivity (Wildman–Crippen MR) is 87.1 cm³/mol. The van der Waals surface area contributed by atoms with Gasteiger partial charge in [-0.15, -0.1) is 0 Å². The highest BCUT2D eigenvalue weighted by molar-refractivity contribution is 6.10. The number of anilines is 1. The van der Waals surface area contributed by atoms with Crippen LogP contribution in [-0.4, -0.2) is 12.3 Å². The van der Waals surface area contributed by atoms with Crippen LogP contribution in [0.1, 0.15) is 46.8 Å². The third-order valence-electron chi connectivity index (χ3n) is 4.07. The van der Waals surface area contributed by atoms with E-state index >= 15 is 0 Å². The highest BCUT2D eigenvalue weighted by Gasteiger charge is 2.18. The van der Waals surface area contributed by atoms with Gasteiger partial charge in [0, 0.05) is 23.4 Å². The molecule has 0 aliphatic carbocycles. The lowest BCUT2D eigenvalue weighted by molar-refractivity contribution is 0.103. The van der Waals surface area contributed by atoms with Crippen molar-refractivity contribution in [2.75, 3.05) is 11.9 Å². The van der Waals surface area contributed by atoms with Gasteiger partial charge in [0.15, 0.2) is 5.78 Å². The molecule has 1 heterocycles. The average molecular weight is 279 g/mol. The Morgan fingerprint density at radius 1 is 1.19 bits per heavy atom. The van der Waals surface area contributed by atoms with E-state index in [1.165, 1.54) is 11.1 Å². The lowest BCUT2D eigenvalue weighted by Gasteiger charge is -2.20. The minimum atomic E-state index is 0.147. The Kier molecular flexibility index (Phi) is 4.05. The summed E-state index contributed by atoms with van der Waals surface area (Å²) in [6.45, 7) is 3.16. The maximum Gasteiger partial charge on any atom is 0.193 e. The van der Waals surface area contributed by atoms with Gasteiger partial charge < -0.3 is 5.32 Å². The molecule has 21 heavy (non-hydrogen) atoms. The number of fused-ring (bicyclic) bond motifs is 1. The van der Waals surface area contributed by atoms with Crippen molar-refractivity contribution in [3.05, 3.63) is 64.7 Å². The standard InChI is InChI=1S/C19H21NO/c1-2-6-14-7-3-8-15(13-14)19(21)17-9-4-11-18-16(17)10-5-12-20-18/h3-4,7-9,11,13,20H,2,5-6,10,12H2,1H3. The first kappa shape index (κ1) is 13.9. The Labute approximate surface area is 126 Å². The van der Waals surface area contributed by atoms with E-state index in [1.807, 2.05) is 30.3 Å². The van der Waals surface area contributed by atoms with E-state index in [-0.39, 0.29) is 5.78 Å². The fraction of sp³-hybridized carbons (Fsp3) is 0.316. The number of rotatable bonds is 4. The van der Waals surface area contributed by atoms with Crippen LogP contribution in [0, 0.1) is 0 Å². The summed E-state index contributed by atoms with van der Waals surface area (Å²) in [5, 5.41) is 3.39. The lowest BCUT2D eigenvalue weighted by Crippen LogP contribution is -2.16. The topological polar surface area (TPSA) is 29.1 Å². The summed E-state index contributed by atoms with van der Waals surface area (Å²) >= 11 is 0. The third kappa shape index (κ3) is 2.85. The number of carbonyl (C=O) groups excluding carboxylic acids is 1. The van der Waals surface area contributed by atoms with Crippen LogP contribution in [-0.2, 0) is 12.8 Å². The average Bonchev–Trinajstić information content (AvgIpc) is 2.54. The van der Waals surface area contributed by atoms with E-state index in [0.717, 1.165) is 49.0 Å². The molecule has 2 heteroatoms. The zero-order chi connectivity index (χ0) is 14.7. The maximum absolute atomic E-state index is 12.8. The first-order valence-electron chi connectivity index (χ1n) is 7.79. The number of aryl methyl sites for hydroxylation is 1. The van der Waals surface area contributed by atoms with Gasteiger partial charge in [0.05, 0.1) is 0 Å². The largest absolute Gasteiger partial charge is 0.385 e. The first-order chi connectivity index (χ1) is 10.3. The van der Waals surface area contributed by atoms with Gasteiger partial charge in [-0.05, 0) is 42.5 Å². The van der Waals surface area contributed by atoms with E-state index in [4.69, 9.17) is 0 Å². The molecule has 2 nitrogen and oxygen atoms in total. The Balaban J connectivity index is 1.97. The molecule has 0 aromatic heterocycles. The molecule has 1 aliphatic rings. The van der Waals surface area contributed by atoms with Gasteiger partial charge in [0.25, 0.3) is 0 Å². The van der Waals surface area contributed by atoms with Crippen molar-refractivity contribution in [1.82, 2.24) is 0 Å². The second-order valence-electron chi connectivity index (χ2n) is 5.64. The summed E-state index contributed by atoms with van der Waals surface area (Å²) < 4.78 is 0. The summed E-state index contributed by atoms with van der Waals surface area (Å²) in [7, 11) is 0. The molecule has 0 atom stereocenters. The maximum atomic E-state index is 12.8. The molecule has 0 fully saturated rings. The minimum absolute atomic E-state index is 0.147. The van der Waals surface area contributed by atoms with E-state index < -0.39 is 0 Å². The van der Waals surface area contributed by atoms with Gasteiger partial charge in [0.2, 0.25) is 0 Å². The summed E-state index contributed by atoms with van der Waals surface area (Å²) in [5.41, 5.74) is 5.20. The minimum Gasteiger partial charge on any atom is -0.385 e. The van der Waals surface area contributed by atoms with Crippen LogP contribution in [0.3, 0.4) is 0 Å². The highest BCUT2D eigenvalue weighted by Crippen LogP contribution is 2.27. The Hall–Kier alpha value is -2.09. The molecule has 0 bridgehead atoms. The van der Waals surface area contributed by atoms with Gasteiger partial charge in [-0.25, -0.2) is 0 Å². The number of ketones is 1. The number of benzene rings is 2. The smallest absolute Gasteiger partial charge is 0.193 e. The zero-order valence-corrected chi connectivity index (χ0v) is 12.5. The molecular weight excluding hydrogens is 258 g/mol. The molecule has 0 saturated carbocycles. The number of hydrogen-bond donors (Lipinski definition) is 1. The highest BCUT2D eigenvalue weighted by atomic mass is 16.1. The Bertz CT molecular complexity index is 660. The molecule has 3 rings (SSSR count). The number of hydrogen-bond acceptors (Lipinski definition) is 2. The van der Waals surface area contributed by atoms with Crippen molar-refractivity contribution in [2.45, 2.75) is 32.6 Å². The summed E-state index contributed by atoms with van der Waals surface area (Å²) in [4.78, 5) is 12.8. The monoisotopic (exact) mass is 279 g/mol. The number of carbonyl (C=O) groups is 1. The molecule has 1 aliphatic heterocycles. The van der Waals surface area contributed by atoms with Crippen molar-refractivity contribution in [1.29, 1.82) is 0 Å². The quantitative estimate of drug-likeness (QED) is 0.849. The molecule has 2 aromatic carbocycles. The van der Waals surface area contributed by atoms with Crippen LogP contribution in [0.4, 0.5) is 5.69 Å². The molecular formula is C19H21NO. The Morgan fingerprint density at radius 2 is 2.05 bits per heavy atom. The van der Waals surface area contributed by atoms with Crippen LogP contribution in [0.5, 0.6) is 0 Å². The molecule has 1 N–H and O–H groups in total. The molecule has 0 amide bonds. The van der Waals surface area contributed by atoms with Crippen LogP contribution in [0.15, 0.2) is 42.5 Å². The summed E-state index contributed by atoms with van der Waals surface area (Å²) in [6, 6.07) is 14.1. The van der Waals surface area contributed by atoms with Gasteiger partial charge in [-0.3, -0.25) is 4.79 Å². The summed E-state index contributed by atoms with van der Waals surface area (Å²) in [6.07, 6.45) is 4.20. The SMILES string of the molecule is CCCc1cccc(C(=O)c2cccc3c2CCCN3)c1. The van der Waals surface area contributed by atoms with Gasteiger partial charge >= 0.3 is 0 Å². The molecule has 0 spiro atoms. The van der Waals surface area contributed by atoms with Crippen LogP contribution < -0.4 is 5.32 Å². The molecule has 0 radical (unpaired) electrons. The molecule has 0 unspecified atom stereocenters. The zero-order valence-electron chi connectivity index (χ0n) is 12.5. The van der Waals surface area contributed by atoms with E-state index in [1.54, 1.807) is 0 Å². The van der Waals surface area contributed by atoms with E-state index in [9.17, 15) is 4.79 Å². The first-order valence-corrected chi connectivity index (χ1v) is 7.79. The van der Waals surface area contributed by atoms with Crippen LogP contribution in [0.2, 0.25) is 0 Å².